The van der Waals surface area contributed by atoms with Gasteiger partial charge in [-0.2, -0.15) is 0 Å². The van der Waals surface area contributed by atoms with E-state index in [1.54, 1.807) is 0 Å². The van der Waals surface area contributed by atoms with Crippen LogP contribution in [0.2, 0.25) is 0 Å². The second kappa shape index (κ2) is 7.73. The van der Waals surface area contributed by atoms with Gasteiger partial charge in [0.1, 0.15) is 0 Å². The minimum atomic E-state index is -1.01. The Morgan fingerprint density at radius 2 is 1.80 bits per heavy atom. The average molecular weight is 417 g/mol. The van der Waals surface area contributed by atoms with Crippen LogP contribution in [0.25, 0.3) is 0 Å². The zero-order valence-corrected chi connectivity index (χ0v) is 19.9. The Morgan fingerprint density at radius 1 is 1.07 bits per heavy atom. The number of allylic oxidation sites excluding steroid dienone is 1. The largest absolute Gasteiger partial charge is 0.390 e. The number of rotatable bonds is 5. The first-order valence-corrected chi connectivity index (χ1v) is 12.6. The molecule has 4 aliphatic carbocycles. The molecular formula is C27H44O3. The van der Waals surface area contributed by atoms with Crippen LogP contribution in [-0.2, 0) is 4.79 Å². The second-order valence-electron chi connectivity index (χ2n) is 12.4. The number of fused-ring (bicyclic) bond motifs is 5. The van der Waals surface area contributed by atoms with Crippen LogP contribution in [0.3, 0.4) is 0 Å². The normalized spacial score (nSPS) is 44.0. The topological polar surface area (TPSA) is 57.5 Å². The van der Waals surface area contributed by atoms with Crippen LogP contribution in [-0.4, -0.2) is 27.7 Å². The van der Waals surface area contributed by atoms with Crippen LogP contribution in [0.15, 0.2) is 11.6 Å². The second-order valence-corrected chi connectivity index (χ2v) is 12.4. The third-order valence-corrected chi connectivity index (χ3v) is 10.4. The molecule has 30 heavy (non-hydrogen) atoms. The third-order valence-electron chi connectivity index (χ3n) is 10.4. The van der Waals surface area contributed by atoms with Crippen LogP contribution in [0.5, 0.6) is 0 Å². The van der Waals surface area contributed by atoms with Gasteiger partial charge in [0.2, 0.25) is 0 Å². The van der Waals surface area contributed by atoms with Gasteiger partial charge in [0.15, 0.2) is 5.78 Å². The summed E-state index contributed by atoms with van der Waals surface area (Å²) in [6.07, 6.45) is 11.6. The van der Waals surface area contributed by atoms with Crippen molar-refractivity contribution in [1.29, 1.82) is 0 Å². The van der Waals surface area contributed by atoms with E-state index in [-0.39, 0.29) is 16.7 Å². The van der Waals surface area contributed by atoms with Gasteiger partial charge >= 0.3 is 0 Å². The fraction of sp³-hybridized carbons (Fsp3) is 0.889. The number of carbonyl (C=O) groups excluding carboxylic acids is 1. The summed E-state index contributed by atoms with van der Waals surface area (Å²) in [6, 6.07) is 0. The van der Waals surface area contributed by atoms with E-state index in [0.717, 1.165) is 32.1 Å². The third kappa shape index (κ3) is 3.43. The molecule has 3 nitrogen and oxygen atoms in total. The first-order chi connectivity index (χ1) is 14.0. The molecule has 3 fully saturated rings. The van der Waals surface area contributed by atoms with Gasteiger partial charge in [-0.3, -0.25) is 4.79 Å². The number of hydrogen-bond donors (Lipinski definition) is 2. The molecule has 3 saturated carbocycles. The van der Waals surface area contributed by atoms with Crippen molar-refractivity contribution >= 4 is 5.78 Å². The Hall–Kier alpha value is -0.670. The van der Waals surface area contributed by atoms with Gasteiger partial charge in [0.05, 0.1) is 11.7 Å². The van der Waals surface area contributed by atoms with Crippen molar-refractivity contribution in [2.24, 2.45) is 40.4 Å². The van der Waals surface area contributed by atoms with E-state index in [4.69, 9.17) is 0 Å². The maximum atomic E-state index is 12.0. The molecular weight excluding hydrogens is 372 g/mol. The molecule has 0 aromatic carbocycles. The monoisotopic (exact) mass is 416 g/mol. The van der Waals surface area contributed by atoms with Crippen LogP contribution >= 0.6 is 0 Å². The van der Waals surface area contributed by atoms with Crippen molar-refractivity contribution < 1.29 is 15.0 Å². The fourth-order valence-electron chi connectivity index (χ4n) is 8.53. The standard InChI is InChI=1S/C27H44O3/c1-17(2)6-11-24(29)27(5,30)23-10-9-21-20-8-7-18-16-19(28)12-14-25(18,3)22(20)13-15-26(21,23)4/h16-17,20-24,29-30H,6-15H2,1-5H3/t20-,21-,22-,23-,24-,25-,26-,27+/m0/s1. The van der Waals surface area contributed by atoms with E-state index in [0.29, 0.717) is 42.3 Å². The first kappa shape index (κ1) is 22.5. The lowest BCUT2D eigenvalue weighted by Gasteiger charge is -2.59. The van der Waals surface area contributed by atoms with Gasteiger partial charge in [-0.05, 0) is 111 Å². The summed E-state index contributed by atoms with van der Waals surface area (Å²) < 4.78 is 0. The van der Waals surface area contributed by atoms with E-state index in [1.807, 2.05) is 13.0 Å². The van der Waals surface area contributed by atoms with Gasteiger partial charge in [-0.25, -0.2) is 0 Å². The molecule has 0 saturated heterocycles. The molecule has 0 heterocycles. The molecule has 0 amide bonds. The van der Waals surface area contributed by atoms with Gasteiger partial charge in [-0.1, -0.05) is 33.3 Å². The Morgan fingerprint density at radius 3 is 2.50 bits per heavy atom. The van der Waals surface area contributed by atoms with Crippen molar-refractivity contribution in [3.8, 4) is 0 Å². The predicted octanol–water partition coefficient (Wildman–Crippen LogP) is 5.68. The molecule has 0 aromatic rings. The zero-order chi connectivity index (χ0) is 21.9. The number of aliphatic hydroxyl groups is 2. The van der Waals surface area contributed by atoms with Crippen LogP contribution in [0.1, 0.15) is 98.8 Å². The molecule has 0 spiro atoms. The highest BCUT2D eigenvalue weighted by molar-refractivity contribution is 5.91. The fourth-order valence-corrected chi connectivity index (χ4v) is 8.53. The van der Waals surface area contributed by atoms with E-state index in [2.05, 4.69) is 27.7 Å². The first-order valence-electron chi connectivity index (χ1n) is 12.6. The Kier molecular flexibility index (Phi) is 5.80. The van der Waals surface area contributed by atoms with E-state index >= 15 is 0 Å². The van der Waals surface area contributed by atoms with Crippen molar-refractivity contribution in [2.45, 2.75) is 111 Å². The molecule has 0 bridgehead atoms. The molecule has 0 aliphatic heterocycles. The van der Waals surface area contributed by atoms with E-state index in [9.17, 15) is 15.0 Å². The van der Waals surface area contributed by atoms with Crippen LogP contribution in [0.4, 0.5) is 0 Å². The summed E-state index contributed by atoms with van der Waals surface area (Å²) in [6.45, 7) is 11.1. The van der Waals surface area contributed by atoms with Crippen LogP contribution < -0.4 is 0 Å². The van der Waals surface area contributed by atoms with Crippen molar-refractivity contribution in [3.05, 3.63) is 11.6 Å². The molecule has 0 radical (unpaired) electrons. The lowest BCUT2D eigenvalue weighted by atomic mass is 9.46. The highest BCUT2D eigenvalue weighted by Crippen LogP contribution is 2.68. The van der Waals surface area contributed by atoms with Gasteiger partial charge in [0.25, 0.3) is 0 Å². The molecule has 4 rings (SSSR count). The minimum absolute atomic E-state index is 0.117. The maximum absolute atomic E-state index is 12.0. The molecule has 0 aromatic heterocycles. The Bertz CT molecular complexity index is 707. The highest BCUT2D eigenvalue weighted by Gasteiger charge is 2.62. The number of hydrogen-bond acceptors (Lipinski definition) is 3. The van der Waals surface area contributed by atoms with Gasteiger partial charge < -0.3 is 10.2 Å². The summed E-state index contributed by atoms with van der Waals surface area (Å²) in [7, 11) is 0. The molecule has 170 valence electrons. The lowest BCUT2D eigenvalue weighted by molar-refractivity contribution is -0.152. The van der Waals surface area contributed by atoms with Crippen LogP contribution in [0, 0.1) is 40.4 Å². The van der Waals surface area contributed by atoms with E-state index in [1.165, 1.54) is 24.8 Å². The highest BCUT2D eigenvalue weighted by atomic mass is 16.3. The SMILES string of the molecule is CC(C)CC[C@H](O)[C@](C)(O)[C@H]1CC[C@H]2[C@@H]3CCC4=CC(=O)CC[C@]4(C)[C@H]3CC[C@]12C. The Balaban J connectivity index is 1.56. The van der Waals surface area contributed by atoms with Gasteiger partial charge in [0, 0.05) is 6.42 Å². The predicted molar refractivity (Wildman–Crippen MR) is 121 cm³/mol. The molecule has 2 N–H and O–H groups in total. The van der Waals surface area contributed by atoms with Crippen molar-refractivity contribution in [1.82, 2.24) is 0 Å². The average Bonchev–Trinajstić information content (AvgIpc) is 3.04. The zero-order valence-electron chi connectivity index (χ0n) is 19.9. The maximum Gasteiger partial charge on any atom is 0.155 e. The Labute approximate surface area is 183 Å². The summed E-state index contributed by atoms with van der Waals surface area (Å²) >= 11 is 0. The summed E-state index contributed by atoms with van der Waals surface area (Å²) in [5.41, 5.74) is 0.738. The smallest absolute Gasteiger partial charge is 0.155 e. The lowest BCUT2D eigenvalue weighted by Crippen LogP contribution is -2.55. The van der Waals surface area contributed by atoms with Crippen molar-refractivity contribution in [2.75, 3.05) is 0 Å². The molecule has 4 aliphatic rings. The minimum Gasteiger partial charge on any atom is -0.390 e. The molecule has 8 atom stereocenters. The quantitative estimate of drug-likeness (QED) is 0.606. The number of ketones is 1. The summed E-state index contributed by atoms with van der Waals surface area (Å²) in [5.74, 6) is 3.07. The van der Waals surface area contributed by atoms with E-state index < -0.39 is 11.7 Å². The number of aliphatic hydroxyl groups excluding tert-OH is 1. The number of carbonyl (C=O) groups is 1. The van der Waals surface area contributed by atoms with Gasteiger partial charge in [-0.15, -0.1) is 0 Å². The molecule has 0 unspecified atom stereocenters. The summed E-state index contributed by atoms with van der Waals surface area (Å²) in [5, 5.41) is 22.5. The molecule has 3 heteroatoms. The summed E-state index contributed by atoms with van der Waals surface area (Å²) in [4.78, 5) is 12.0. The van der Waals surface area contributed by atoms with Crippen molar-refractivity contribution in [3.63, 3.8) is 0 Å².